The summed E-state index contributed by atoms with van der Waals surface area (Å²) >= 11 is 0. The lowest BCUT2D eigenvalue weighted by molar-refractivity contribution is 0.0908. The van der Waals surface area contributed by atoms with E-state index in [1.54, 1.807) is 0 Å². The van der Waals surface area contributed by atoms with Crippen molar-refractivity contribution in [3.05, 3.63) is 64.7 Å². The first-order valence-corrected chi connectivity index (χ1v) is 7.12. The third-order valence-electron chi connectivity index (χ3n) is 4.27. The molecule has 2 aromatic carbocycles. The van der Waals surface area contributed by atoms with Crippen LogP contribution in [0.15, 0.2) is 42.5 Å². The van der Waals surface area contributed by atoms with Gasteiger partial charge in [-0.25, -0.2) is 0 Å². The average molecular weight is 265 g/mol. The minimum absolute atomic E-state index is 0.105. The number of Topliss-reactive ketones (excluding diaryl/α,β-unsaturated/α-hetero) is 1. The first-order valence-electron chi connectivity index (χ1n) is 7.12. The van der Waals surface area contributed by atoms with E-state index in [4.69, 9.17) is 5.73 Å². The Morgan fingerprint density at radius 1 is 1.15 bits per heavy atom. The molecule has 102 valence electrons. The van der Waals surface area contributed by atoms with E-state index in [1.807, 2.05) is 25.1 Å². The fraction of sp³-hybridized carbons (Fsp3) is 0.278. The van der Waals surface area contributed by atoms with Crippen molar-refractivity contribution in [3.8, 4) is 0 Å². The number of nitrogens with two attached hydrogens (primary N) is 1. The van der Waals surface area contributed by atoms with Crippen LogP contribution in [0.25, 0.3) is 0 Å². The molecule has 0 saturated heterocycles. The minimum Gasteiger partial charge on any atom is -0.399 e. The molecule has 0 heterocycles. The number of fused-ring (bicyclic) bond motifs is 1. The van der Waals surface area contributed by atoms with Gasteiger partial charge in [0.1, 0.15) is 0 Å². The molecule has 20 heavy (non-hydrogen) atoms. The van der Waals surface area contributed by atoms with Crippen LogP contribution in [0, 0.1) is 12.8 Å². The zero-order valence-corrected chi connectivity index (χ0v) is 11.7. The van der Waals surface area contributed by atoms with Crippen LogP contribution in [0.2, 0.25) is 0 Å². The molecule has 3 rings (SSSR count). The quantitative estimate of drug-likeness (QED) is 0.666. The SMILES string of the molecule is Cc1cc(C(=O)C2CCc3ccccc3C2)ccc1N. The number of ketones is 1. The van der Waals surface area contributed by atoms with Gasteiger partial charge in [0.25, 0.3) is 0 Å². The zero-order chi connectivity index (χ0) is 14.1. The summed E-state index contributed by atoms with van der Waals surface area (Å²) in [7, 11) is 0. The van der Waals surface area contributed by atoms with E-state index in [2.05, 4.69) is 24.3 Å². The van der Waals surface area contributed by atoms with Crippen molar-refractivity contribution < 1.29 is 4.79 Å². The van der Waals surface area contributed by atoms with E-state index >= 15 is 0 Å². The average Bonchev–Trinajstić information content (AvgIpc) is 2.49. The number of hydrogen-bond acceptors (Lipinski definition) is 2. The topological polar surface area (TPSA) is 43.1 Å². The van der Waals surface area contributed by atoms with Crippen molar-refractivity contribution in [2.75, 3.05) is 5.73 Å². The Morgan fingerprint density at radius 2 is 1.90 bits per heavy atom. The molecule has 2 aromatic rings. The van der Waals surface area contributed by atoms with Crippen LogP contribution in [-0.4, -0.2) is 5.78 Å². The highest BCUT2D eigenvalue weighted by molar-refractivity contribution is 5.98. The largest absolute Gasteiger partial charge is 0.399 e. The number of anilines is 1. The van der Waals surface area contributed by atoms with Gasteiger partial charge in [0.05, 0.1) is 0 Å². The summed E-state index contributed by atoms with van der Waals surface area (Å²) in [5, 5.41) is 0. The third kappa shape index (κ3) is 2.34. The molecule has 0 saturated carbocycles. The highest BCUT2D eigenvalue weighted by Crippen LogP contribution is 2.28. The van der Waals surface area contributed by atoms with Gasteiger partial charge < -0.3 is 5.73 Å². The Labute approximate surface area is 119 Å². The molecule has 0 amide bonds. The van der Waals surface area contributed by atoms with Gasteiger partial charge in [-0.1, -0.05) is 24.3 Å². The predicted molar refractivity (Wildman–Crippen MR) is 81.9 cm³/mol. The molecule has 2 N–H and O–H groups in total. The van der Waals surface area contributed by atoms with E-state index in [0.717, 1.165) is 36.1 Å². The van der Waals surface area contributed by atoms with Crippen LogP contribution < -0.4 is 5.73 Å². The van der Waals surface area contributed by atoms with Crippen LogP contribution in [0.1, 0.15) is 33.5 Å². The van der Waals surface area contributed by atoms with Crippen LogP contribution in [0.4, 0.5) is 5.69 Å². The first kappa shape index (κ1) is 12.9. The highest BCUT2D eigenvalue weighted by Gasteiger charge is 2.25. The summed E-state index contributed by atoms with van der Waals surface area (Å²) in [5.41, 5.74) is 11.1. The lowest BCUT2D eigenvalue weighted by atomic mass is 9.80. The standard InChI is InChI=1S/C18H19NO/c1-12-10-15(8-9-17(12)19)18(20)16-7-6-13-4-2-3-5-14(13)11-16/h2-5,8-10,16H,6-7,11,19H2,1H3. The fourth-order valence-electron chi connectivity index (χ4n) is 2.99. The predicted octanol–water partition coefficient (Wildman–Crippen LogP) is 3.57. The Hall–Kier alpha value is -2.09. The van der Waals surface area contributed by atoms with Crippen LogP contribution in [0.3, 0.4) is 0 Å². The van der Waals surface area contributed by atoms with Crippen LogP contribution in [-0.2, 0) is 12.8 Å². The van der Waals surface area contributed by atoms with E-state index in [1.165, 1.54) is 11.1 Å². The molecule has 1 aliphatic rings. The molecule has 2 heteroatoms. The van der Waals surface area contributed by atoms with Crippen molar-refractivity contribution in [1.29, 1.82) is 0 Å². The molecule has 1 atom stereocenters. The minimum atomic E-state index is 0.105. The lowest BCUT2D eigenvalue weighted by Gasteiger charge is -2.23. The molecular formula is C18H19NO. The maximum Gasteiger partial charge on any atom is 0.166 e. The Morgan fingerprint density at radius 3 is 2.65 bits per heavy atom. The summed E-state index contributed by atoms with van der Waals surface area (Å²) in [4.78, 5) is 12.6. The van der Waals surface area contributed by atoms with E-state index in [-0.39, 0.29) is 11.7 Å². The molecule has 0 radical (unpaired) electrons. The van der Waals surface area contributed by atoms with Crippen molar-refractivity contribution in [2.45, 2.75) is 26.2 Å². The summed E-state index contributed by atoms with van der Waals surface area (Å²) < 4.78 is 0. The lowest BCUT2D eigenvalue weighted by Crippen LogP contribution is -2.23. The molecule has 1 unspecified atom stereocenters. The number of rotatable bonds is 2. The van der Waals surface area contributed by atoms with Gasteiger partial charge in [0, 0.05) is 17.2 Å². The zero-order valence-electron chi connectivity index (χ0n) is 11.7. The maximum absolute atomic E-state index is 12.6. The van der Waals surface area contributed by atoms with Gasteiger partial charge >= 0.3 is 0 Å². The number of carbonyl (C=O) groups excluding carboxylic acids is 1. The van der Waals surface area contributed by atoms with Crippen LogP contribution in [0.5, 0.6) is 0 Å². The van der Waals surface area contributed by atoms with Gasteiger partial charge in [-0.05, 0) is 61.1 Å². The van der Waals surface area contributed by atoms with Gasteiger partial charge in [-0.3, -0.25) is 4.79 Å². The van der Waals surface area contributed by atoms with E-state index in [0.29, 0.717) is 0 Å². The van der Waals surface area contributed by atoms with Crippen molar-refractivity contribution in [1.82, 2.24) is 0 Å². The number of benzene rings is 2. The molecule has 0 spiro atoms. The molecular weight excluding hydrogens is 246 g/mol. The van der Waals surface area contributed by atoms with E-state index in [9.17, 15) is 4.79 Å². The monoisotopic (exact) mass is 265 g/mol. The number of nitrogen functional groups attached to an aromatic ring is 1. The van der Waals surface area contributed by atoms with Gasteiger partial charge in [-0.15, -0.1) is 0 Å². The smallest absolute Gasteiger partial charge is 0.166 e. The second-order valence-electron chi connectivity index (χ2n) is 5.64. The summed E-state index contributed by atoms with van der Waals surface area (Å²) in [5.74, 6) is 0.357. The summed E-state index contributed by atoms with van der Waals surface area (Å²) in [6.45, 7) is 1.95. The second kappa shape index (κ2) is 5.12. The second-order valence-corrected chi connectivity index (χ2v) is 5.64. The van der Waals surface area contributed by atoms with Crippen molar-refractivity contribution >= 4 is 11.5 Å². The van der Waals surface area contributed by atoms with E-state index < -0.39 is 0 Å². The maximum atomic E-state index is 12.6. The molecule has 0 aromatic heterocycles. The molecule has 0 bridgehead atoms. The molecule has 0 aliphatic heterocycles. The molecule has 1 aliphatic carbocycles. The Kier molecular flexibility index (Phi) is 3.31. The Bertz CT molecular complexity index is 660. The number of carbonyl (C=O) groups is 1. The Balaban J connectivity index is 1.84. The fourth-order valence-corrected chi connectivity index (χ4v) is 2.99. The summed E-state index contributed by atoms with van der Waals surface area (Å²) in [6.07, 6.45) is 2.80. The molecule has 0 fully saturated rings. The van der Waals surface area contributed by atoms with Crippen molar-refractivity contribution in [3.63, 3.8) is 0 Å². The number of aryl methyl sites for hydroxylation is 2. The molecule has 2 nitrogen and oxygen atoms in total. The van der Waals surface area contributed by atoms with Gasteiger partial charge in [0.2, 0.25) is 0 Å². The van der Waals surface area contributed by atoms with Gasteiger partial charge in [0.15, 0.2) is 5.78 Å². The van der Waals surface area contributed by atoms with Crippen molar-refractivity contribution in [2.24, 2.45) is 5.92 Å². The first-order chi connectivity index (χ1) is 9.65. The highest BCUT2D eigenvalue weighted by atomic mass is 16.1. The van der Waals surface area contributed by atoms with Crippen LogP contribution >= 0.6 is 0 Å². The third-order valence-corrected chi connectivity index (χ3v) is 4.27. The van der Waals surface area contributed by atoms with Gasteiger partial charge in [-0.2, -0.15) is 0 Å². The normalized spacial score (nSPS) is 17.6. The number of hydrogen-bond donors (Lipinski definition) is 1. The summed E-state index contributed by atoms with van der Waals surface area (Å²) in [6, 6.07) is 14.0.